The minimum atomic E-state index is -1.19. The molecular weight excluding hydrogens is 344 g/mol. The Morgan fingerprint density at radius 2 is 1.81 bits per heavy atom. The molecule has 1 aliphatic rings. The van der Waals surface area contributed by atoms with E-state index in [1.807, 2.05) is 6.07 Å². The zero-order valence-electron chi connectivity index (χ0n) is 14.4. The third kappa shape index (κ3) is 4.62. The Labute approximate surface area is 150 Å². The van der Waals surface area contributed by atoms with Crippen molar-refractivity contribution in [1.29, 1.82) is 0 Å². The van der Waals surface area contributed by atoms with Crippen LogP contribution in [0.25, 0.3) is 0 Å². The predicted octanol–water partition coefficient (Wildman–Crippen LogP) is 3.99. The second-order valence-electron chi connectivity index (χ2n) is 6.95. The van der Waals surface area contributed by atoms with Gasteiger partial charge in [0.25, 0.3) is 0 Å². The molecule has 2 N–H and O–H groups in total. The summed E-state index contributed by atoms with van der Waals surface area (Å²) in [5.41, 5.74) is 7.14. The third-order valence-corrected chi connectivity index (χ3v) is 4.98. The van der Waals surface area contributed by atoms with E-state index in [0.717, 1.165) is 37.7 Å². The molecule has 0 bridgehead atoms. The SMILES string of the molecule is NC(CCN1CCC(c2cccc(F)c2)C1)Cc1cc(F)c(F)cc1F. The van der Waals surface area contributed by atoms with Crippen LogP contribution in [0.2, 0.25) is 0 Å². The highest BCUT2D eigenvalue weighted by atomic mass is 19.2. The van der Waals surface area contributed by atoms with Gasteiger partial charge in [-0.15, -0.1) is 0 Å². The van der Waals surface area contributed by atoms with Crippen molar-refractivity contribution in [3.05, 3.63) is 70.8 Å². The maximum atomic E-state index is 13.7. The van der Waals surface area contributed by atoms with Gasteiger partial charge in [-0.25, -0.2) is 17.6 Å². The lowest BCUT2D eigenvalue weighted by Crippen LogP contribution is -2.31. The number of rotatable bonds is 6. The summed E-state index contributed by atoms with van der Waals surface area (Å²) < 4.78 is 53.3. The van der Waals surface area contributed by atoms with Crippen molar-refractivity contribution in [1.82, 2.24) is 4.90 Å². The van der Waals surface area contributed by atoms with Gasteiger partial charge >= 0.3 is 0 Å². The van der Waals surface area contributed by atoms with Crippen molar-refractivity contribution >= 4 is 0 Å². The largest absolute Gasteiger partial charge is 0.327 e. The minimum absolute atomic E-state index is 0.0930. The molecule has 2 nitrogen and oxygen atoms in total. The monoisotopic (exact) mass is 366 g/mol. The summed E-state index contributed by atoms with van der Waals surface area (Å²) >= 11 is 0. The number of hydrogen-bond donors (Lipinski definition) is 1. The minimum Gasteiger partial charge on any atom is -0.327 e. The Morgan fingerprint density at radius 3 is 2.58 bits per heavy atom. The average molecular weight is 366 g/mol. The fraction of sp³-hybridized carbons (Fsp3) is 0.400. The van der Waals surface area contributed by atoms with Crippen LogP contribution in [0.1, 0.15) is 29.9 Å². The summed E-state index contributed by atoms with van der Waals surface area (Å²) in [6.45, 7) is 2.46. The van der Waals surface area contributed by atoms with E-state index in [0.29, 0.717) is 18.4 Å². The number of halogens is 4. The molecule has 0 radical (unpaired) electrons. The Bertz CT molecular complexity index is 765. The van der Waals surface area contributed by atoms with Crippen LogP contribution in [0, 0.1) is 23.3 Å². The summed E-state index contributed by atoms with van der Waals surface area (Å²) in [5, 5.41) is 0. The van der Waals surface area contributed by atoms with Gasteiger partial charge in [0.15, 0.2) is 11.6 Å². The molecule has 1 heterocycles. The highest BCUT2D eigenvalue weighted by Crippen LogP contribution is 2.27. The van der Waals surface area contributed by atoms with Crippen molar-refractivity contribution in [2.75, 3.05) is 19.6 Å². The molecule has 0 spiro atoms. The quantitative estimate of drug-likeness (QED) is 0.619. The van der Waals surface area contributed by atoms with Crippen molar-refractivity contribution < 1.29 is 17.6 Å². The Hall–Kier alpha value is -1.92. The third-order valence-electron chi connectivity index (χ3n) is 4.98. The van der Waals surface area contributed by atoms with Crippen LogP contribution in [-0.2, 0) is 6.42 Å². The molecule has 0 saturated carbocycles. The Kier molecular flexibility index (Phi) is 5.94. The number of likely N-dealkylation sites (tertiary alicyclic amines) is 1. The topological polar surface area (TPSA) is 29.3 Å². The number of nitrogens with zero attached hydrogens (tertiary/aromatic N) is 1. The number of hydrogen-bond acceptors (Lipinski definition) is 2. The summed E-state index contributed by atoms with van der Waals surface area (Å²) in [6, 6.07) is 7.76. The fourth-order valence-electron chi connectivity index (χ4n) is 3.52. The van der Waals surface area contributed by atoms with E-state index in [9.17, 15) is 17.6 Å². The van der Waals surface area contributed by atoms with Crippen LogP contribution in [-0.4, -0.2) is 30.6 Å². The summed E-state index contributed by atoms with van der Waals surface area (Å²) in [7, 11) is 0. The summed E-state index contributed by atoms with van der Waals surface area (Å²) in [6.07, 6.45) is 1.73. The van der Waals surface area contributed by atoms with E-state index >= 15 is 0 Å². The van der Waals surface area contributed by atoms with Gasteiger partial charge in [0.05, 0.1) is 0 Å². The molecule has 2 unspecified atom stereocenters. The molecule has 0 aliphatic carbocycles. The molecule has 1 aliphatic heterocycles. The van der Waals surface area contributed by atoms with Gasteiger partial charge in [-0.2, -0.15) is 0 Å². The van der Waals surface area contributed by atoms with Gasteiger partial charge in [-0.05, 0) is 67.6 Å². The number of benzene rings is 2. The molecule has 6 heteroatoms. The Morgan fingerprint density at radius 1 is 1.04 bits per heavy atom. The van der Waals surface area contributed by atoms with Crippen LogP contribution < -0.4 is 5.73 Å². The molecule has 2 atom stereocenters. The smallest absolute Gasteiger partial charge is 0.161 e. The van der Waals surface area contributed by atoms with E-state index in [1.54, 1.807) is 12.1 Å². The van der Waals surface area contributed by atoms with E-state index in [4.69, 9.17) is 5.73 Å². The van der Waals surface area contributed by atoms with E-state index in [2.05, 4.69) is 4.90 Å². The molecule has 1 fully saturated rings. The van der Waals surface area contributed by atoms with Crippen molar-refractivity contribution in [3.63, 3.8) is 0 Å². The molecular formula is C20H22F4N2. The lowest BCUT2D eigenvalue weighted by molar-refractivity contribution is 0.316. The van der Waals surface area contributed by atoms with Crippen molar-refractivity contribution in [2.24, 2.45) is 5.73 Å². The lowest BCUT2D eigenvalue weighted by atomic mass is 9.98. The van der Waals surface area contributed by atoms with E-state index < -0.39 is 17.5 Å². The van der Waals surface area contributed by atoms with Gasteiger partial charge in [-0.1, -0.05) is 12.1 Å². The lowest BCUT2D eigenvalue weighted by Gasteiger charge is -2.19. The maximum absolute atomic E-state index is 13.7. The molecule has 2 aromatic carbocycles. The molecule has 26 heavy (non-hydrogen) atoms. The van der Waals surface area contributed by atoms with E-state index in [1.165, 1.54) is 6.07 Å². The highest BCUT2D eigenvalue weighted by molar-refractivity contribution is 5.22. The first kappa shape index (κ1) is 18.9. The molecule has 2 aromatic rings. The predicted molar refractivity (Wildman–Crippen MR) is 92.8 cm³/mol. The van der Waals surface area contributed by atoms with Crippen molar-refractivity contribution in [3.8, 4) is 0 Å². The van der Waals surface area contributed by atoms with Crippen LogP contribution >= 0.6 is 0 Å². The molecule has 3 rings (SSSR count). The van der Waals surface area contributed by atoms with Crippen LogP contribution in [0.4, 0.5) is 17.6 Å². The van der Waals surface area contributed by atoms with Gasteiger partial charge in [-0.3, -0.25) is 0 Å². The number of nitrogens with two attached hydrogens (primary N) is 1. The summed E-state index contributed by atoms with van der Waals surface area (Å²) in [4.78, 5) is 2.25. The summed E-state index contributed by atoms with van der Waals surface area (Å²) in [5.74, 6) is -2.96. The molecule has 1 saturated heterocycles. The van der Waals surface area contributed by atoms with E-state index in [-0.39, 0.29) is 23.8 Å². The standard InChI is InChI=1S/C20H22F4N2/c21-16-3-1-2-13(8-16)14-4-6-26(12-14)7-5-17(25)9-15-10-19(23)20(24)11-18(15)22/h1-3,8,10-11,14,17H,4-7,9,12,25H2. The molecule has 0 amide bonds. The normalized spacial score (nSPS) is 19.0. The van der Waals surface area contributed by atoms with Gasteiger partial charge in [0.2, 0.25) is 0 Å². The van der Waals surface area contributed by atoms with Crippen LogP contribution in [0.3, 0.4) is 0 Å². The fourth-order valence-corrected chi connectivity index (χ4v) is 3.52. The van der Waals surface area contributed by atoms with Gasteiger partial charge in [0.1, 0.15) is 11.6 Å². The zero-order chi connectivity index (χ0) is 18.7. The maximum Gasteiger partial charge on any atom is 0.161 e. The molecule has 140 valence electrons. The average Bonchev–Trinajstić information content (AvgIpc) is 3.07. The van der Waals surface area contributed by atoms with Gasteiger partial charge in [0, 0.05) is 18.7 Å². The Balaban J connectivity index is 1.49. The van der Waals surface area contributed by atoms with Crippen LogP contribution in [0.5, 0.6) is 0 Å². The second-order valence-corrected chi connectivity index (χ2v) is 6.95. The van der Waals surface area contributed by atoms with Crippen molar-refractivity contribution in [2.45, 2.75) is 31.2 Å². The first-order valence-corrected chi connectivity index (χ1v) is 8.79. The van der Waals surface area contributed by atoms with Crippen LogP contribution in [0.15, 0.2) is 36.4 Å². The molecule has 0 aromatic heterocycles. The first-order valence-electron chi connectivity index (χ1n) is 8.79. The first-order chi connectivity index (χ1) is 12.4. The van der Waals surface area contributed by atoms with Gasteiger partial charge < -0.3 is 10.6 Å². The highest BCUT2D eigenvalue weighted by Gasteiger charge is 2.24. The zero-order valence-corrected chi connectivity index (χ0v) is 14.4. The second kappa shape index (κ2) is 8.18.